The maximum absolute atomic E-state index is 10.8. The monoisotopic (exact) mass is 165 g/mol. The topological polar surface area (TPSA) is 57.6 Å². The number of sulfone groups is 1. The highest BCUT2D eigenvalue weighted by Crippen LogP contribution is 2.01. The molecule has 1 N–H and O–H groups in total. The Morgan fingerprint density at radius 3 is 2.20 bits per heavy atom. The fourth-order valence-corrected chi connectivity index (χ4v) is 2.17. The van der Waals surface area contributed by atoms with Crippen LogP contribution in [0.5, 0.6) is 0 Å². The molecular formula is C5H11NO3S. The summed E-state index contributed by atoms with van der Waals surface area (Å²) >= 11 is 0. The van der Waals surface area contributed by atoms with Crippen molar-refractivity contribution in [2.45, 2.75) is 0 Å². The summed E-state index contributed by atoms with van der Waals surface area (Å²) in [6.07, 6.45) is 0. The highest BCUT2D eigenvalue weighted by atomic mass is 32.2. The minimum Gasteiger partial charge on any atom is -0.381 e. The molecule has 0 bridgehead atoms. The third kappa shape index (κ3) is 1.93. The van der Waals surface area contributed by atoms with Crippen LogP contribution in [0.15, 0.2) is 0 Å². The molecule has 0 amide bonds. The van der Waals surface area contributed by atoms with Crippen LogP contribution in [0.3, 0.4) is 0 Å². The van der Waals surface area contributed by atoms with E-state index in [-0.39, 0.29) is 18.2 Å². The van der Waals surface area contributed by atoms with Gasteiger partial charge < -0.3 is 5.11 Å². The lowest BCUT2D eigenvalue weighted by atomic mass is 10.5. The molecule has 0 atom stereocenters. The Kier molecular flexibility index (Phi) is 2.28. The number of hydrogen-bond donors (Lipinski definition) is 1. The van der Waals surface area contributed by atoms with Crippen LogP contribution in [0.4, 0.5) is 0 Å². The molecule has 4 nitrogen and oxygen atoms in total. The van der Waals surface area contributed by atoms with Crippen molar-refractivity contribution in [1.82, 2.24) is 4.90 Å². The maximum Gasteiger partial charge on any atom is 0.152 e. The lowest BCUT2D eigenvalue weighted by Crippen LogP contribution is -2.40. The van der Waals surface area contributed by atoms with Gasteiger partial charge in [0.25, 0.3) is 0 Å². The Morgan fingerprint density at radius 1 is 1.30 bits per heavy atom. The number of nitrogens with zero attached hydrogens (tertiary/aromatic N) is 1. The largest absolute Gasteiger partial charge is 0.381 e. The van der Waals surface area contributed by atoms with Crippen LogP contribution in [0.2, 0.25) is 0 Å². The van der Waals surface area contributed by atoms with Crippen LogP contribution < -0.4 is 0 Å². The van der Waals surface area contributed by atoms with Gasteiger partial charge in [-0.3, -0.25) is 4.90 Å². The Bertz CT molecular complexity index is 185. The molecular weight excluding hydrogens is 154 g/mol. The van der Waals surface area contributed by atoms with Gasteiger partial charge in [0.2, 0.25) is 0 Å². The molecule has 0 unspecified atom stereocenters. The molecule has 1 rings (SSSR count). The highest BCUT2D eigenvalue weighted by molar-refractivity contribution is 7.91. The average Bonchev–Trinajstić information content (AvgIpc) is 1.88. The van der Waals surface area contributed by atoms with E-state index in [1.165, 1.54) is 0 Å². The number of aliphatic hydroxyl groups is 1. The van der Waals surface area contributed by atoms with Crippen molar-refractivity contribution < 1.29 is 13.5 Å². The van der Waals surface area contributed by atoms with Gasteiger partial charge in [-0.2, -0.15) is 0 Å². The molecule has 60 valence electrons. The molecule has 10 heavy (non-hydrogen) atoms. The van der Waals surface area contributed by atoms with Gasteiger partial charge in [0, 0.05) is 13.1 Å². The lowest BCUT2D eigenvalue weighted by Gasteiger charge is -2.23. The predicted octanol–water partition coefficient (Wildman–Crippen LogP) is -1.33. The number of rotatable bonds is 1. The van der Waals surface area contributed by atoms with E-state index in [0.29, 0.717) is 13.1 Å². The summed E-state index contributed by atoms with van der Waals surface area (Å²) in [4.78, 5) is 1.71. The molecule has 1 aliphatic rings. The van der Waals surface area contributed by atoms with E-state index in [1.54, 1.807) is 4.90 Å². The highest BCUT2D eigenvalue weighted by Gasteiger charge is 2.20. The van der Waals surface area contributed by atoms with E-state index >= 15 is 0 Å². The van der Waals surface area contributed by atoms with Crippen LogP contribution in [0.25, 0.3) is 0 Å². The maximum atomic E-state index is 10.8. The Balaban J connectivity index is 2.46. The van der Waals surface area contributed by atoms with Crippen LogP contribution in [0, 0.1) is 0 Å². The third-order valence-electron chi connectivity index (χ3n) is 1.64. The summed E-state index contributed by atoms with van der Waals surface area (Å²) < 4.78 is 21.6. The van der Waals surface area contributed by atoms with Gasteiger partial charge in [-0.15, -0.1) is 0 Å². The molecule has 1 saturated heterocycles. The van der Waals surface area contributed by atoms with Crippen LogP contribution >= 0.6 is 0 Å². The smallest absolute Gasteiger partial charge is 0.152 e. The Labute approximate surface area is 60.4 Å². The fourth-order valence-electron chi connectivity index (χ4n) is 0.892. The zero-order valence-electron chi connectivity index (χ0n) is 5.65. The summed E-state index contributed by atoms with van der Waals surface area (Å²) in [7, 11) is -2.78. The molecule has 1 fully saturated rings. The Hall–Kier alpha value is -0.130. The van der Waals surface area contributed by atoms with E-state index in [1.807, 2.05) is 0 Å². The summed E-state index contributed by atoms with van der Waals surface area (Å²) in [6, 6.07) is 0. The van der Waals surface area contributed by atoms with Gasteiger partial charge in [0.1, 0.15) is 0 Å². The average molecular weight is 165 g/mol. The fraction of sp³-hybridized carbons (Fsp3) is 1.00. The van der Waals surface area contributed by atoms with Crippen molar-refractivity contribution >= 4 is 9.84 Å². The van der Waals surface area contributed by atoms with Crippen LogP contribution in [-0.4, -0.2) is 49.8 Å². The first kappa shape index (κ1) is 7.97. The summed E-state index contributed by atoms with van der Waals surface area (Å²) in [6.45, 7) is 0.910. The first-order chi connectivity index (χ1) is 4.64. The number of aliphatic hydroxyl groups excluding tert-OH is 1. The van der Waals surface area contributed by atoms with Crippen molar-refractivity contribution in [2.24, 2.45) is 0 Å². The van der Waals surface area contributed by atoms with Gasteiger partial charge >= 0.3 is 0 Å². The van der Waals surface area contributed by atoms with Crippen LogP contribution in [0.1, 0.15) is 0 Å². The Morgan fingerprint density at radius 2 is 1.80 bits per heavy atom. The van der Waals surface area contributed by atoms with Gasteiger partial charge in [0.05, 0.1) is 18.2 Å². The first-order valence-electron chi connectivity index (χ1n) is 3.18. The minimum atomic E-state index is -2.78. The molecule has 0 saturated carbocycles. The standard InChI is InChI=1S/C5H11NO3S/c7-5-6-1-3-10(8,9)4-2-6/h7H,1-5H2. The molecule has 1 aliphatic heterocycles. The summed E-state index contributed by atoms with van der Waals surface area (Å²) in [5.41, 5.74) is 0. The first-order valence-corrected chi connectivity index (χ1v) is 5.00. The predicted molar refractivity (Wildman–Crippen MR) is 37.3 cm³/mol. The molecule has 0 aliphatic carbocycles. The van der Waals surface area contributed by atoms with Crippen molar-refractivity contribution in [2.75, 3.05) is 31.3 Å². The molecule has 0 spiro atoms. The third-order valence-corrected chi connectivity index (χ3v) is 3.25. The van der Waals surface area contributed by atoms with Crippen molar-refractivity contribution in [1.29, 1.82) is 0 Å². The molecule has 1 heterocycles. The summed E-state index contributed by atoms with van der Waals surface area (Å²) in [5.74, 6) is 0.376. The molecule has 5 heteroatoms. The van der Waals surface area contributed by atoms with Gasteiger partial charge in [0.15, 0.2) is 9.84 Å². The second kappa shape index (κ2) is 2.86. The minimum absolute atomic E-state index is 0.0322. The van der Waals surface area contributed by atoms with E-state index in [2.05, 4.69) is 0 Å². The molecule has 0 aromatic heterocycles. The second-order valence-electron chi connectivity index (χ2n) is 2.41. The van der Waals surface area contributed by atoms with Gasteiger partial charge in [-0.25, -0.2) is 8.42 Å². The zero-order chi connectivity index (χ0) is 7.61. The van der Waals surface area contributed by atoms with Crippen molar-refractivity contribution in [3.8, 4) is 0 Å². The van der Waals surface area contributed by atoms with Gasteiger partial charge in [-0.1, -0.05) is 0 Å². The van der Waals surface area contributed by atoms with E-state index in [9.17, 15) is 8.42 Å². The quantitative estimate of drug-likeness (QED) is 0.523. The summed E-state index contributed by atoms with van der Waals surface area (Å²) in [5, 5.41) is 8.59. The SMILES string of the molecule is O=S1(=O)CCN(CO)CC1. The van der Waals surface area contributed by atoms with Crippen molar-refractivity contribution in [3.05, 3.63) is 0 Å². The lowest BCUT2D eigenvalue weighted by molar-refractivity contribution is 0.116. The normalized spacial score (nSPS) is 26.5. The van der Waals surface area contributed by atoms with Gasteiger partial charge in [-0.05, 0) is 0 Å². The van der Waals surface area contributed by atoms with E-state index < -0.39 is 9.84 Å². The molecule has 0 aromatic rings. The number of hydrogen-bond acceptors (Lipinski definition) is 4. The van der Waals surface area contributed by atoms with Crippen molar-refractivity contribution in [3.63, 3.8) is 0 Å². The molecule has 0 radical (unpaired) electrons. The van der Waals surface area contributed by atoms with E-state index in [4.69, 9.17) is 5.11 Å². The van der Waals surface area contributed by atoms with Crippen LogP contribution in [-0.2, 0) is 9.84 Å². The van der Waals surface area contributed by atoms with E-state index in [0.717, 1.165) is 0 Å². The zero-order valence-corrected chi connectivity index (χ0v) is 6.47. The molecule has 0 aromatic carbocycles. The second-order valence-corrected chi connectivity index (χ2v) is 4.71.